The Morgan fingerprint density at radius 3 is 2.48 bits per heavy atom. The minimum absolute atomic E-state index is 0. The predicted molar refractivity (Wildman–Crippen MR) is 141 cm³/mol. The van der Waals surface area contributed by atoms with Crippen molar-refractivity contribution in [2.24, 2.45) is 10.9 Å². The van der Waals surface area contributed by atoms with Crippen molar-refractivity contribution in [2.75, 3.05) is 66.0 Å². The Morgan fingerprint density at radius 2 is 1.84 bits per heavy atom. The molecule has 1 heterocycles. The molecule has 7 nitrogen and oxygen atoms in total. The molecule has 1 amide bonds. The van der Waals surface area contributed by atoms with Gasteiger partial charge in [-0.3, -0.25) is 9.79 Å². The summed E-state index contributed by atoms with van der Waals surface area (Å²) in [5, 5.41) is 9.43. The van der Waals surface area contributed by atoms with Crippen molar-refractivity contribution in [2.45, 2.75) is 27.2 Å². The largest absolute Gasteiger partial charge is 0.357 e. The zero-order valence-corrected chi connectivity index (χ0v) is 21.9. The monoisotopic (exact) mass is 544 g/mol. The molecule has 0 aromatic heterocycles. The molecule has 1 aliphatic rings. The van der Waals surface area contributed by atoms with E-state index in [0.29, 0.717) is 11.5 Å². The number of halogens is 1. The Bertz CT molecular complexity index is 676. The van der Waals surface area contributed by atoms with Gasteiger partial charge in [0, 0.05) is 65.0 Å². The van der Waals surface area contributed by atoms with Crippen LogP contribution in [0.25, 0.3) is 0 Å². The number of piperazine rings is 1. The molecule has 1 aromatic carbocycles. The number of guanidine groups is 1. The van der Waals surface area contributed by atoms with E-state index in [2.05, 4.69) is 52.6 Å². The second kappa shape index (κ2) is 15.4. The molecule has 1 aliphatic heterocycles. The van der Waals surface area contributed by atoms with Crippen LogP contribution in [0, 0.1) is 5.92 Å². The van der Waals surface area contributed by atoms with Crippen LogP contribution in [0.5, 0.6) is 0 Å². The molecule has 2 rings (SSSR count). The number of amides is 1. The lowest BCUT2D eigenvalue weighted by Gasteiger charge is -2.35. The Kier molecular flexibility index (Phi) is 13.7. The topological polar surface area (TPSA) is 72.0 Å². The Hall–Kier alpha value is -1.39. The van der Waals surface area contributed by atoms with Gasteiger partial charge >= 0.3 is 0 Å². The third-order valence-electron chi connectivity index (χ3n) is 5.51. The SMILES string of the molecule is CCNC(=NCC(C)CN1CCN(CC)CC1)NCCc1cccc(C(=O)NC)c1.I. The molecule has 1 unspecified atom stereocenters. The lowest BCUT2D eigenvalue weighted by molar-refractivity contribution is 0.0963. The van der Waals surface area contributed by atoms with Gasteiger partial charge in [0.15, 0.2) is 5.96 Å². The summed E-state index contributed by atoms with van der Waals surface area (Å²) in [5.41, 5.74) is 1.84. The van der Waals surface area contributed by atoms with Crippen molar-refractivity contribution in [1.82, 2.24) is 25.8 Å². The molecule has 0 aliphatic carbocycles. The van der Waals surface area contributed by atoms with Gasteiger partial charge in [-0.05, 0) is 43.5 Å². The van der Waals surface area contributed by atoms with Crippen LogP contribution in [-0.4, -0.2) is 87.6 Å². The van der Waals surface area contributed by atoms with Crippen LogP contribution >= 0.6 is 24.0 Å². The van der Waals surface area contributed by atoms with Crippen molar-refractivity contribution in [3.63, 3.8) is 0 Å². The molecule has 8 heteroatoms. The zero-order valence-electron chi connectivity index (χ0n) is 19.6. The summed E-state index contributed by atoms with van der Waals surface area (Å²) in [7, 11) is 1.65. The van der Waals surface area contributed by atoms with Crippen LogP contribution in [0.1, 0.15) is 36.7 Å². The summed E-state index contributed by atoms with van der Waals surface area (Å²) in [4.78, 5) is 21.7. The summed E-state index contributed by atoms with van der Waals surface area (Å²) in [5.74, 6) is 1.34. The van der Waals surface area contributed by atoms with Gasteiger partial charge in [-0.1, -0.05) is 26.0 Å². The average molecular weight is 545 g/mol. The first kappa shape index (κ1) is 27.6. The van der Waals surface area contributed by atoms with Gasteiger partial charge < -0.3 is 25.8 Å². The van der Waals surface area contributed by atoms with E-state index in [1.54, 1.807) is 7.05 Å². The summed E-state index contributed by atoms with van der Waals surface area (Å²) in [6.45, 7) is 16.0. The summed E-state index contributed by atoms with van der Waals surface area (Å²) in [6, 6.07) is 7.77. The molecule has 1 saturated heterocycles. The first-order chi connectivity index (χ1) is 14.5. The fourth-order valence-corrected chi connectivity index (χ4v) is 3.71. The van der Waals surface area contributed by atoms with Crippen LogP contribution in [-0.2, 0) is 6.42 Å². The van der Waals surface area contributed by atoms with Crippen molar-refractivity contribution in [3.05, 3.63) is 35.4 Å². The second-order valence-electron chi connectivity index (χ2n) is 8.02. The fourth-order valence-electron chi connectivity index (χ4n) is 3.71. The molecule has 0 radical (unpaired) electrons. The van der Waals surface area contributed by atoms with E-state index in [-0.39, 0.29) is 29.9 Å². The highest BCUT2D eigenvalue weighted by Gasteiger charge is 2.17. The standard InChI is InChI=1S/C23H40N6O.HI/c1-5-25-23(26-11-10-20-8-7-9-21(16-20)22(30)24-4)27-17-19(3)18-29-14-12-28(6-2)13-15-29;/h7-9,16,19H,5-6,10-15,17-18H2,1-4H3,(H,24,30)(H2,25,26,27);1H. The van der Waals surface area contributed by atoms with E-state index in [9.17, 15) is 4.79 Å². The summed E-state index contributed by atoms with van der Waals surface area (Å²) in [6.07, 6.45) is 0.840. The highest BCUT2D eigenvalue weighted by molar-refractivity contribution is 14.0. The first-order valence-corrected chi connectivity index (χ1v) is 11.3. The van der Waals surface area contributed by atoms with Gasteiger partial charge in [-0.2, -0.15) is 0 Å². The lowest BCUT2D eigenvalue weighted by Crippen LogP contribution is -2.47. The van der Waals surface area contributed by atoms with Crippen LogP contribution in [0.2, 0.25) is 0 Å². The van der Waals surface area contributed by atoms with Crippen molar-refractivity contribution < 1.29 is 4.79 Å². The van der Waals surface area contributed by atoms with E-state index in [1.807, 2.05) is 18.2 Å². The molecule has 0 bridgehead atoms. The number of nitrogens with zero attached hydrogens (tertiary/aromatic N) is 3. The fraction of sp³-hybridized carbons (Fsp3) is 0.652. The number of carbonyl (C=O) groups excluding carboxylic acids is 1. The summed E-state index contributed by atoms with van der Waals surface area (Å²) < 4.78 is 0. The third-order valence-corrected chi connectivity index (χ3v) is 5.51. The lowest BCUT2D eigenvalue weighted by atomic mass is 10.1. The van der Waals surface area contributed by atoms with Crippen LogP contribution in [0.3, 0.4) is 0 Å². The smallest absolute Gasteiger partial charge is 0.251 e. The van der Waals surface area contributed by atoms with Gasteiger partial charge in [-0.25, -0.2) is 0 Å². The van der Waals surface area contributed by atoms with E-state index in [1.165, 1.54) is 13.1 Å². The second-order valence-corrected chi connectivity index (χ2v) is 8.02. The molecule has 176 valence electrons. The first-order valence-electron chi connectivity index (χ1n) is 11.3. The number of carbonyl (C=O) groups is 1. The van der Waals surface area contributed by atoms with E-state index in [4.69, 9.17) is 4.99 Å². The molecule has 1 atom stereocenters. The van der Waals surface area contributed by atoms with E-state index in [0.717, 1.165) is 63.8 Å². The Balaban J connectivity index is 0.00000480. The average Bonchev–Trinajstić information content (AvgIpc) is 2.77. The highest BCUT2D eigenvalue weighted by Crippen LogP contribution is 2.07. The molecule has 0 spiro atoms. The van der Waals surface area contributed by atoms with Crippen LogP contribution in [0.4, 0.5) is 0 Å². The van der Waals surface area contributed by atoms with Gasteiger partial charge in [0.1, 0.15) is 0 Å². The molecular weight excluding hydrogens is 503 g/mol. The number of aliphatic imine (C=N–C) groups is 1. The highest BCUT2D eigenvalue weighted by atomic mass is 127. The maximum Gasteiger partial charge on any atom is 0.251 e. The van der Waals surface area contributed by atoms with E-state index < -0.39 is 0 Å². The number of hydrogen-bond donors (Lipinski definition) is 3. The number of hydrogen-bond acceptors (Lipinski definition) is 4. The van der Waals surface area contributed by atoms with Crippen molar-refractivity contribution in [3.8, 4) is 0 Å². The van der Waals surface area contributed by atoms with Crippen molar-refractivity contribution >= 4 is 35.8 Å². The van der Waals surface area contributed by atoms with Gasteiger partial charge in [0.2, 0.25) is 0 Å². The normalized spacial score (nSPS) is 16.3. The zero-order chi connectivity index (χ0) is 21.8. The molecule has 3 N–H and O–H groups in total. The van der Waals surface area contributed by atoms with Gasteiger partial charge in [0.05, 0.1) is 0 Å². The Morgan fingerprint density at radius 1 is 1.13 bits per heavy atom. The van der Waals surface area contributed by atoms with Crippen LogP contribution < -0.4 is 16.0 Å². The maximum atomic E-state index is 11.8. The molecular formula is C23H41IN6O. The number of likely N-dealkylation sites (N-methyl/N-ethyl adjacent to an activating group) is 1. The number of benzene rings is 1. The van der Waals surface area contributed by atoms with E-state index >= 15 is 0 Å². The minimum Gasteiger partial charge on any atom is -0.357 e. The van der Waals surface area contributed by atoms with Crippen LogP contribution in [0.15, 0.2) is 29.3 Å². The predicted octanol–water partition coefficient (Wildman–Crippen LogP) is 2.04. The summed E-state index contributed by atoms with van der Waals surface area (Å²) >= 11 is 0. The van der Waals surface area contributed by atoms with Gasteiger partial charge in [0.25, 0.3) is 5.91 Å². The van der Waals surface area contributed by atoms with Gasteiger partial charge in [-0.15, -0.1) is 24.0 Å². The maximum absolute atomic E-state index is 11.8. The molecule has 1 fully saturated rings. The third kappa shape index (κ3) is 10.2. The number of nitrogens with one attached hydrogen (secondary N) is 3. The quantitative estimate of drug-likeness (QED) is 0.239. The minimum atomic E-state index is -0.0511. The number of rotatable bonds is 10. The molecule has 0 saturated carbocycles. The van der Waals surface area contributed by atoms with Crippen molar-refractivity contribution in [1.29, 1.82) is 0 Å². The molecule has 31 heavy (non-hydrogen) atoms. The molecule has 1 aromatic rings. The Labute approximate surface area is 205 Å².